The molecular weight excluding hydrogens is 518 g/mol. The van der Waals surface area contributed by atoms with E-state index in [9.17, 15) is 27.5 Å². The van der Waals surface area contributed by atoms with Crippen LogP contribution in [0.4, 0.5) is 29.3 Å². The number of rotatable bonds is 6. The second-order valence-electron chi connectivity index (χ2n) is 10.1. The lowest BCUT2D eigenvalue weighted by Crippen LogP contribution is -2.41. The molecule has 3 aromatic rings. The van der Waals surface area contributed by atoms with Crippen LogP contribution in [0.3, 0.4) is 0 Å². The van der Waals surface area contributed by atoms with Crippen molar-refractivity contribution in [3.63, 3.8) is 0 Å². The van der Waals surface area contributed by atoms with E-state index in [1.807, 2.05) is 4.90 Å². The number of anilines is 2. The largest absolute Gasteiger partial charge is 0.480 e. The Morgan fingerprint density at radius 2 is 1.82 bits per heavy atom. The Hall–Kier alpha value is -3.93. The van der Waals surface area contributed by atoms with E-state index in [0.29, 0.717) is 55.8 Å². The Morgan fingerprint density at radius 1 is 1.10 bits per heavy atom. The number of hydrogen-bond acceptors (Lipinski definition) is 7. The zero-order chi connectivity index (χ0) is 27.8. The van der Waals surface area contributed by atoms with Crippen LogP contribution in [-0.2, 0) is 4.79 Å². The molecule has 2 atom stereocenters. The van der Waals surface area contributed by atoms with Gasteiger partial charge in [0.15, 0.2) is 0 Å². The van der Waals surface area contributed by atoms with Crippen LogP contribution < -0.4 is 20.7 Å². The average molecular weight is 546 g/mol. The fourth-order valence-electron chi connectivity index (χ4n) is 5.30. The van der Waals surface area contributed by atoms with Crippen molar-refractivity contribution in [3.05, 3.63) is 66.0 Å². The highest BCUT2D eigenvalue weighted by molar-refractivity contribution is 5.74. The molecule has 1 aromatic heterocycles. The number of carboxylic acid groups (broad SMARTS) is 1. The van der Waals surface area contributed by atoms with Crippen LogP contribution in [0.25, 0.3) is 11.1 Å². The number of nitrogens with zero attached hydrogens (tertiary/aromatic N) is 3. The molecule has 2 saturated heterocycles. The molecule has 0 unspecified atom stereocenters. The van der Waals surface area contributed by atoms with Crippen molar-refractivity contribution in [2.45, 2.75) is 37.6 Å². The maximum atomic E-state index is 14.1. The van der Waals surface area contributed by atoms with Crippen molar-refractivity contribution in [1.82, 2.24) is 15.3 Å². The molecule has 39 heavy (non-hydrogen) atoms. The number of nitrogens with two attached hydrogens (primary N) is 1. The summed E-state index contributed by atoms with van der Waals surface area (Å²) in [6.07, 6.45) is -5.14. The number of alkyl halides is 3. The smallest absolute Gasteiger partial charge is 0.429 e. The highest BCUT2D eigenvalue weighted by atomic mass is 19.4. The van der Waals surface area contributed by atoms with Gasteiger partial charge in [-0.2, -0.15) is 23.1 Å². The Morgan fingerprint density at radius 3 is 2.44 bits per heavy atom. The zero-order valence-electron chi connectivity index (χ0n) is 20.8. The number of carboxylic acids is 1. The van der Waals surface area contributed by atoms with Gasteiger partial charge in [-0.15, -0.1) is 0 Å². The van der Waals surface area contributed by atoms with Crippen LogP contribution in [0.1, 0.15) is 30.9 Å². The lowest BCUT2D eigenvalue weighted by molar-refractivity contribution is -0.198. The highest BCUT2D eigenvalue weighted by Gasteiger charge is 2.45. The second-order valence-corrected chi connectivity index (χ2v) is 10.1. The minimum absolute atomic E-state index is 0.142. The number of nitrogens with one attached hydrogen (secondary N) is 1. The molecule has 1 spiro atoms. The van der Waals surface area contributed by atoms with E-state index in [0.717, 1.165) is 0 Å². The van der Waals surface area contributed by atoms with E-state index >= 15 is 0 Å². The van der Waals surface area contributed by atoms with Gasteiger partial charge in [-0.25, -0.2) is 4.39 Å². The van der Waals surface area contributed by atoms with Crippen LogP contribution >= 0.6 is 0 Å². The summed E-state index contributed by atoms with van der Waals surface area (Å²) in [5, 5.41) is 12.3. The van der Waals surface area contributed by atoms with E-state index < -0.39 is 30.1 Å². The van der Waals surface area contributed by atoms with Crippen molar-refractivity contribution < 1.29 is 32.2 Å². The van der Waals surface area contributed by atoms with Crippen molar-refractivity contribution >= 4 is 17.7 Å². The number of nitrogen functional groups attached to an aromatic ring is 1. The molecule has 0 aliphatic carbocycles. The van der Waals surface area contributed by atoms with E-state index in [4.69, 9.17) is 10.5 Å². The first-order chi connectivity index (χ1) is 18.5. The van der Waals surface area contributed by atoms with Crippen LogP contribution in [0, 0.1) is 11.2 Å². The van der Waals surface area contributed by atoms with Gasteiger partial charge in [0.1, 0.15) is 17.7 Å². The summed E-state index contributed by atoms with van der Waals surface area (Å²) in [6, 6.07) is 12.1. The molecule has 4 N–H and O–H groups in total. The highest BCUT2D eigenvalue weighted by Crippen LogP contribution is 2.41. The molecule has 2 aromatic carbocycles. The van der Waals surface area contributed by atoms with Crippen molar-refractivity contribution in [3.8, 4) is 17.0 Å². The van der Waals surface area contributed by atoms with Gasteiger partial charge in [-0.3, -0.25) is 4.79 Å². The molecule has 0 bridgehead atoms. The monoisotopic (exact) mass is 545 g/mol. The number of hydrogen-bond donors (Lipinski definition) is 3. The van der Waals surface area contributed by atoms with Crippen molar-refractivity contribution in [2.24, 2.45) is 5.41 Å². The normalized spacial score (nSPS) is 19.7. The Balaban J connectivity index is 1.32. The summed E-state index contributed by atoms with van der Waals surface area (Å²) in [5.74, 6) is -1.52. The maximum Gasteiger partial charge on any atom is 0.429 e. The number of ether oxygens (including phenoxy) is 1. The molecule has 206 valence electrons. The molecule has 12 heteroatoms. The number of aliphatic carboxylic acids is 1. The first-order valence-corrected chi connectivity index (χ1v) is 12.5. The van der Waals surface area contributed by atoms with Crippen molar-refractivity contribution in [1.29, 1.82) is 0 Å². The molecule has 5 rings (SSSR count). The van der Waals surface area contributed by atoms with E-state index in [2.05, 4.69) is 15.3 Å². The summed E-state index contributed by atoms with van der Waals surface area (Å²) in [4.78, 5) is 21.3. The van der Waals surface area contributed by atoms with E-state index in [1.54, 1.807) is 6.07 Å². The maximum absolute atomic E-state index is 14.1. The van der Waals surface area contributed by atoms with Crippen LogP contribution in [0.2, 0.25) is 0 Å². The quantitative estimate of drug-likeness (QED) is 0.386. The van der Waals surface area contributed by atoms with Gasteiger partial charge < -0.3 is 25.8 Å². The summed E-state index contributed by atoms with van der Waals surface area (Å²) in [6.45, 7) is 1.67. The number of piperidine rings is 1. The number of carbonyl (C=O) groups is 1. The molecule has 0 radical (unpaired) electrons. The predicted molar refractivity (Wildman–Crippen MR) is 136 cm³/mol. The zero-order valence-corrected chi connectivity index (χ0v) is 20.8. The van der Waals surface area contributed by atoms with Crippen LogP contribution in [0.5, 0.6) is 5.88 Å². The molecule has 3 heterocycles. The van der Waals surface area contributed by atoms with Gasteiger partial charge in [0.25, 0.3) is 0 Å². The lowest BCUT2D eigenvalue weighted by atomic mass is 9.76. The van der Waals surface area contributed by atoms with Crippen LogP contribution in [-0.4, -0.2) is 52.9 Å². The minimum atomic E-state index is -4.76. The standard InChI is InChI=1S/C27H27F4N5O3/c28-19-3-1-2-18(12-19)16-4-6-17(7-5-16)23(27(29,30)31)39-22-13-21(34-25(32)35-22)36-10-8-26(9-11-36)14-20(24(37)38)33-15-26/h1-7,12-13,20,23,33H,8-11,14-15H2,(H,37,38)(H2,32,34,35)/t20-,23+/m0/s1. The topological polar surface area (TPSA) is 114 Å². The first kappa shape index (κ1) is 26.7. The van der Waals surface area contributed by atoms with Crippen molar-refractivity contribution in [2.75, 3.05) is 30.3 Å². The third-order valence-corrected chi connectivity index (χ3v) is 7.42. The fraction of sp³-hybridized carbons (Fsp3) is 0.370. The van der Waals surface area contributed by atoms with Gasteiger partial charge in [0, 0.05) is 31.3 Å². The predicted octanol–water partition coefficient (Wildman–Crippen LogP) is 4.58. The number of benzene rings is 2. The summed E-state index contributed by atoms with van der Waals surface area (Å²) < 4.78 is 61.1. The molecule has 0 saturated carbocycles. The van der Waals surface area contributed by atoms with Gasteiger partial charge in [0.2, 0.25) is 17.9 Å². The molecular formula is C27H27F4N5O3. The van der Waals surface area contributed by atoms with Gasteiger partial charge in [-0.1, -0.05) is 36.4 Å². The lowest BCUT2D eigenvalue weighted by Gasteiger charge is -2.39. The first-order valence-electron chi connectivity index (χ1n) is 12.5. The summed E-state index contributed by atoms with van der Waals surface area (Å²) >= 11 is 0. The third-order valence-electron chi connectivity index (χ3n) is 7.42. The molecule has 2 fully saturated rings. The summed E-state index contributed by atoms with van der Waals surface area (Å²) in [7, 11) is 0. The van der Waals surface area contributed by atoms with Crippen LogP contribution in [0.15, 0.2) is 54.6 Å². The molecule has 0 amide bonds. The molecule has 2 aliphatic heterocycles. The number of halogens is 4. The molecule has 2 aliphatic rings. The average Bonchev–Trinajstić information content (AvgIpc) is 3.31. The van der Waals surface area contributed by atoms with E-state index in [1.165, 1.54) is 48.5 Å². The minimum Gasteiger partial charge on any atom is -0.480 e. The second kappa shape index (κ2) is 10.3. The summed E-state index contributed by atoms with van der Waals surface area (Å²) in [5.41, 5.74) is 6.64. The third kappa shape index (κ3) is 5.90. The molecule has 8 nitrogen and oxygen atoms in total. The van der Waals surface area contributed by atoms with E-state index in [-0.39, 0.29) is 22.8 Å². The van der Waals surface area contributed by atoms with Gasteiger partial charge in [-0.05, 0) is 47.9 Å². The Kier molecular flexibility index (Phi) is 7.06. The van der Waals surface area contributed by atoms with Gasteiger partial charge >= 0.3 is 12.1 Å². The Labute approximate surface area is 221 Å². The Bertz CT molecular complexity index is 1340. The van der Waals surface area contributed by atoms with Gasteiger partial charge in [0.05, 0.1) is 0 Å². The SMILES string of the molecule is Nc1nc(O[C@H](c2ccc(-c3cccc(F)c3)cc2)C(F)(F)F)cc(N2CCC3(CC2)CN[C@H](C(=O)O)C3)n1. The number of aromatic nitrogens is 2. The fourth-order valence-corrected chi connectivity index (χ4v) is 5.30.